The number of amides is 1. The van der Waals surface area contributed by atoms with Crippen molar-refractivity contribution >= 4 is 6.09 Å². The van der Waals surface area contributed by atoms with Crippen LogP contribution in [0.3, 0.4) is 0 Å². The lowest BCUT2D eigenvalue weighted by molar-refractivity contribution is -0.00419. The van der Waals surface area contributed by atoms with Gasteiger partial charge in [0, 0.05) is 37.8 Å². The van der Waals surface area contributed by atoms with E-state index in [1.54, 1.807) is 4.90 Å². The molecule has 0 unspecified atom stereocenters. The predicted octanol–water partition coefficient (Wildman–Crippen LogP) is 2.44. The molecule has 1 aliphatic carbocycles. The molecule has 1 aromatic rings. The predicted molar refractivity (Wildman–Crippen MR) is 91.2 cm³/mol. The summed E-state index contributed by atoms with van der Waals surface area (Å²) in [6.07, 6.45) is 7.09. The van der Waals surface area contributed by atoms with Crippen LogP contribution in [-0.4, -0.2) is 63.0 Å². The Hall–Kier alpha value is -1.56. The van der Waals surface area contributed by atoms with Crippen molar-refractivity contribution in [3.63, 3.8) is 0 Å². The van der Waals surface area contributed by atoms with E-state index in [1.807, 2.05) is 10.9 Å². The van der Waals surface area contributed by atoms with Crippen molar-refractivity contribution in [2.45, 2.75) is 51.0 Å². The number of likely N-dealkylation sites (tertiary alicyclic amines) is 2. The summed E-state index contributed by atoms with van der Waals surface area (Å²) in [6.45, 7) is 5.98. The Bertz CT molecular complexity index is 607. The Morgan fingerprint density at radius 2 is 2.00 bits per heavy atom. The van der Waals surface area contributed by atoms with Gasteiger partial charge in [-0.05, 0) is 63.1 Å². The van der Waals surface area contributed by atoms with E-state index in [4.69, 9.17) is 5.11 Å². The second-order valence-corrected chi connectivity index (χ2v) is 8.16. The van der Waals surface area contributed by atoms with Gasteiger partial charge in [0.2, 0.25) is 0 Å². The number of piperidine rings is 1. The second-order valence-electron chi connectivity index (χ2n) is 8.16. The molecule has 1 N–H and O–H groups in total. The van der Waals surface area contributed by atoms with Gasteiger partial charge in [-0.3, -0.25) is 4.68 Å². The van der Waals surface area contributed by atoms with Crippen LogP contribution in [0.25, 0.3) is 0 Å². The van der Waals surface area contributed by atoms with Gasteiger partial charge in [-0.1, -0.05) is 0 Å². The van der Waals surface area contributed by atoms with E-state index in [1.165, 1.54) is 50.0 Å². The highest BCUT2D eigenvalue weighted by atomic mass is 16.4. The van der Waals surface area contributed by atoms with Gasteiger partial charge in [0.1, 0.15) is 0 Å². The molecule has 3 heterocycles. The minimum absolute atomic E-state index is 0.290. The molecule has 1 aromatic heterocycles. The lowest BCUT2D eigenvalue weighted by atomic mass is 9.64. The molecule has 1 spiro atoms. The minimum atomic E-state index is -0.748. The first-order chi connectivity index (χ1) is 11.5. The van der Waals surface area contributed by atoms with E-state index in [2.05, 4.69) is 24.0 Å². The number of hydrogen-bond donors (Lipinski definition) is 1. The Labute approximate surface area is 143 Å². The molecule has 24 heavy (non-hydrogen) atoms. The Morgan fingerprint density at radius 3 is 2.54 bits per heavy atom. The van der Waals surface area contributed by atoms with E-state index < -0.39 is 6.09 Å². The Kier molecular flexibility index (Phi) is 3.82. The van der Waals surface area contributed by atoms with Crippen molar-refractivity contribution in [1.29, 1.82) is 0 Å². The standard InChI is InChI=1S/C18H28N4O2/c1-13-11-19-20(2)16(13)14-3-6-21(7-4-14)15-9-18(10-15)5-8-22(12-18)17(23)24/h11,14-15H,3-10,12H2,1-2H3,(H,23,24). The maximum atomic E-state index is 11.1. The highest BCUT2D eigenvalue weighted by Crippen LogP contribution is 2.50. The monoisotopic (exact) mass is 332 g/mol. The van der Waals surface area contributed by atoms with Gasteiger partial charge in [0.15, 0.2) is 0 Å². The van der Waals surface area contributed by atoms with Gasteiger partial charge in [-0.2, -0.15) is 5.10 Å². The molecular weight excluding hydrogens is 304 g/mol. The van der Waals surface area contributed by atoms with Crippen LogP contribution in [0.1, 0.15) is 49.3 Å². The van der Waals surface area contributed by atoms with Crippen molar-refractivity contribution in [2.24, 2.45) is 12.5 Å². The molecule has 3 aliphatic rings. The van der Waals surface area contributed by atoms with Crippen molar-refractivity contribution in [1.82, 2.24) is 19.6 Å². The summed E-state index contributed by atoms with van der Waals surface area (Å²) in [4.78, 5) is 15.4. The van der Waals surface area contributed by atoms with Gasteiger partial charge in [0.25, 0.3) is 0 Å². The van der Waals surface area contributed by atoms with Gasteiger partial charge >= 0.3 is 6.09 Å². The number of carbonyl (C=O) groups is 1. The third-order valence-corrected chi connectivity index (χ3v) is 6.66. The van der Waals surface area contributed by atoms with Crippen LogP contribution >= 0.6 is 0 Å². The van der Waals surface area contributed by atoms with E-state index in [0.29, 0.717) is 17.4 Å². The number of nitrogens with zero attached hydrogens (tertiary/aromatic N) is 4. The fourth-order valence-corrected chi connectivity index (χ4v) is 5.31. The molecule has 6 heteroatoms. The third-order valence-electron chi connectivity index (χ3n) is 6.66. The number of aryl methyl sites for hydroxylation is 2. The van der Waals surface area contributed by atoms with E-state index in [9.17, 15) is 4.79 Å². The summed E-state index contributed by atoms with van der Waals surface area (Å²) in [5, 5.41) is 13.5. The Morgan fingerprint density at radius 1 is 1.29 bits per heavy atom. The zero-order valence-electron chi connectivity index (χ0n) is 14.7. The van der Waals surface area contributed by atoms with Gasteiger partial charge in [-0.25, -0.2) is 4.79 Å². The highest BCUT2D eigenvalue weighted by Gasteiger charge is 2.51. The lowest BCUT2D eigenvalue weighted by Crippen LogP contribution is -2.54. The van der Waals surface area contributed by atoms with E-state index in [0.717, 1.165) is 19.5 Å². The largest absolute Gasteiger partial charge is 0.465 e. The van der Waals surface area contributed by atoms with Gasteiger partial charge in [-0.15, -0.1) is 0 Å². The summed E-state index contributed by atoms with van der Waals surface area (Å²) < 4.78 is 2.05. The minimum Gasteiger partial charge on any atom is -0.465 e. The molecule has 3 fully saturated rings. The normalized spacial score (nSPS) is 31.6. The smallest absolute Gasteiger partial charge is 0.407 e. The number of rotatable bonds is 2. The van der Waals surface area contributed by atoms with E-state index >= 15 is 0 Å². The molecule has 0 bridgehead atoms. The quantitative estimate of drug-likeness (QED) is 0.903. The van der Waals surface area contributed by atoms with Crippen LogP contribution in [0.5, 0.6) is 0 Å². The van der Waals surface area contributed by atoms with Crippen LogP contribution in [0.2, 0.25) is 0 Å². The summed E-state index contributed by atoms with van der Waals surface area (Å²) in [5.74, 6) is 0.636. The summed E-state index contributed by atoms with van der Waals surface area (Å²) in [6, 6.07) is 0.673. The van der Waals surface area contributed by atoms with Crippen LogP contribution in [0.15, 0.2) is 6.20 Å². The van der Waals surface area contributed by atoms with Crippen LogP contribution in [0, 0.1) is 12.3 Å². The molecule has 2 saturated heterocycles. The zero-order valence-corrected chi connectivity index (χ0v) is 14.7. The first-order valence-electron chi connectivity index (χ1n) is 9.18. The maximum absolute atomic E-state index is 11.1. The van der Waals surface area contributed by atoms with Crippen molar-refractivity contribution < 1.29 is 9.90 Å². The third kappa shape index (κ3) is 2.61. The van der Waals surface area contributed by atoms with E-state index in [-0.39, 0.29) is 0 Å². The van der Waals surface area contributed by atoms with Crippen LogP contribution in [-0.2, 0) is 7.05 Å². The number of hydrogen-bond acceptors (Lipinski definition) is 3. The molecule has 132 valence electrons. The van der Waals surface area contributed by atoms with Gasteiger partial charge in [0.05, 0.1) is 6.20 Å². The molecule has 0 aromatic carbocycles. The topological polar surface area (TPSA) is 61.6 Å². The van der Waals surface area contributed by atoms with Crippen molar-refractivity contribution in [3.05, 3.63) is 17.5 Å². The van der Waals surface area contributed by atoms with Gasteiger partial charge < -0.3 is 14.9 Å². The molecule has 1 amide bonds. The summed E-state index contributed by atoms with van der Waals surface area (Å²) in [5.41, 5.74) is 3.02. The zero-order chi connectivity index (χ0) is 16.9. The molecule has 1 saturated carbocycles. The first-order valence-corrected chi connectivity index (χ1v) is 9.18. The van der Waals surface area contributed by atoms with Crippen molar-refractivity contribution in [3.8, 4) is 0 Å². The SMILES string of the molecule is Cc1cnn(C)c1C1CCN(C2CC3(CCN(C(=O)O)C3)C2)CC1. The number of aromatic nitrogens is 2. The molecule has 6 nitrogen and oxygen atoms in total. The first kappa shape index (κ1) is 15.9. The maximum Gasteiger partial charge on any atom is 0.407 e. The van der Waals surface area contributed by atoms with Crippen LogP contribution < -0.4 is 0 Å². The molecule has 2 aliphatic heterocycles. The second kappa shape index (κ2) is 5.76. The fourth-order valence-electron chi connectivity index (χ4n) is 5.31. The summed E-state index contributed by atoms with van der Waals surface area (Å²) in [7, 11) is 2.05. The lowest BCUT2D eigenvalue weighted by Gasteiger charge is -2.51. The molecular formula is C18H28N4O2. The highest BCUT2D eigenvalue weighted by molar-refractivity contribution is 5.65. The molecule has 0 radical (unpaired) electrons. The van der Waals surface area contributed by atoms with Crippen molar-refractivity contribution in [2.75, 3.05) is 26.2 Å². The van der Waals surface area contributed by atoms with Crippen LogP contribution in [0.4, 0.5) is 4.79 Å². The fraction of sp³-hybridized carbons (Fsp3) is 0.778. The average molecular weight is 332 g/mol. The molecule has 0 atom stereocenters. The number of carboxylic acid groups (broad SMARTS) is 1. The summed E-state index contributed by atoms with van der Waals surface area (Å²) >= 11 is 0. The Balaban J connectivity index is 1.30. The average Bonchev–Trinajstić information content (AvgIpc) is 3.11. The molecule has 4 rings (SSSR count).